The van der Waals surface area contributed by atoms with Gasteiger partial charge in [0.05, 0.1) is 5.75 Å². The number of nitrogens with one attached hydrogen (secondary N) is 1. The van der Waals surface area contributed by atoms with Crippen LogP contribution < -0.4 is 5.32 Å². The number of carbonyl (C=O) groups is 1. The average Bonchev–Trinajstić information content (AvgIpc) is 2.40. The van der Waals surface area contributed by atoms with Crippen molar-refractivity contribution >= 4 is 39.3 Å². The van der Waals surface area contributed by atoms with Gasteiger partial charge in [0.1, 0.15) is 0 Å². The first-order valence-corrected chi connectivity index (χ1v) is 7.46. The van der Waals surface area contributed by atoms with Crippen molar-refractivity contribution in [1.29, 1.82) is 0 Å². The highest BCUT2D eigenvalue weighted by Gasteiger charge is 2.07. The van der Waals surface area contributed by atoms with E-state index >= 15 is 0 Å². The predicted octanol–water partition coefficient (Wildman–Crippen LogP) is 4.46. The first-order chi connectivity index (χ1) is 9.54. The molecule has 20 heavy (non-hydrogen) atoms. The highest BCUT2D eigenvalue weighted by atomic mass is 79.9. The fraction of sp³-hybridized carbons (Fsp3) is 0.0714. The van der Waals surface area contributed by atoms with Crippen molar-refractivity contribution in [3.63, 3.8) is 0 Å². The lowest BCUT2D eigenvalue weighted by molar-refractivity contribution is -0.113. The SMILES string of the molecule is O=C(CSc1ccc(F)c(F)c1)Nc1cccc(Br)c1. The second-order valence-corrected chi connectivity index (χ2v) is 5.89. The Kier molecular flexibility index (Phi) is 5.14. The van der Waals surface area contributed by atoms with Gasteiger partial charge in [-0.2, -0.15) is 0 Å². The van der Waals surface area contributed by atoms with Crippen LogP contribution in [-0.2, 0) is 4.79 Å². The first-order valence-electron chi connectivity index (χ1n) is 5.68. The van der Waals surface area contributed by atoms with Crippen LogP contribution in [0.25, 0.3) is 0 Å². The van der Waals surface area contributed by atoms with E-state index in [9.17, 15) is 13.6 Å². The molecule has 0 aliphatic heterocycles. The Bertz CT molecular complexity index is 636. The van der Waals surface area contributed by atoms with Crippen LogP contribution in [0.3, 0.4) is 0 Å². The maximum absolute atomic E-state index is 13.0. The van der Waals surface area contributed by atoms with Crippen molar-refractivity contribution in [3.05, 3.63) is 58.6 Å². The zero-order valence-electron chi connectivity index (χ0n) is 10.2. The Morgan fingerprint density at radius 1 is 1.15 bits per heavy atom. The fourth-order valence-electron chi connectivity index (χ4n) is 1.48. The highest BCUT2D eigenvalue weighted by molar-refractivity contribution is 9.10. The molecule has 0 saturated heterocycles. The molecule has 2 aromatic carbocycles. The Balaban J connectivity index is 1.90. The second-order valence-electron chi connectivity index (χ2n) is 3.92. The Labute approximate surface area is 127 Å². The molecule has 104 valence electrons. The molecule has 0 fully saturated rings. The van der Waals surface area contributed by atoms with E-state index in [1.807, 2.05) is 12.1 Å². The van der Waals surface area contributed by atoms with Crippen LogP contribution in [-0.4, -0.2) is 11.7 Å². The second kappa shape index (κ2) is 6.85. The maximum Gasteiger partial charge on any atom is 0.234 e. The van der Waals surface area contributed by atoms with Crippen LogP contribution in [0.2, 0.25) is 0 Å². The number of benzene rings is 2. The number of hydrogen-bond donors (Lipinski definition) is 1. The first kappa shape index (κ1) is 15.0. The Hall–Kier alpha value is -1.40. The average molecular weight is 358 g/mol. The molecule has 0 aliphatic rings. The number of thioether (sulfide) groups is 1. The molecule has 2 rings (SSSR count). The van der Waals surface area contributed by atoms with Crippen LogP contribution >= 0.6 is 27.7 Å². The van der Waals surface area contributed by atoms with Gasteiger partial charge in [-0.15, -0.1) is 11.8 Å². The van der Waals surface area contributed by atoms with E-state index in [-0.39, 0.29) is 11.7 Å². The van der Waals surface area contributed by atoms with Gasteiger partial charge in [-0.1, -0.05) is 22.0 Å². The highest BCUT2D eigenvalue weighted by Crippen LogP contribution is 2.21. The van der Waals surface area contributed by atoms with E-state index in [1.54, 1.807) is 12.1 Å². The van der Waals surface area contributed by atoms with E-state index in [0.717, 1.165) is 28.4 Å². The normalized spacial score (nSPS) is 10.3. The summed E-state index contributed by atoms with van der Waals surface area (Å²) in [5, 5.41) is 2.72. The van der Waals surface area contributed by atoms with Crippen LogP contribution in [0.4, 0.5) is 14.5 Å². The summed E-state index contributed by atoms with van der Waals surface area (Å²) in [6, 6.07) is 10.8. The fourth-order valence-corrected chi connectivity index (χ4v) is 2.60. The molecule has 2 aromatic rings. The molecule has 0 unspecified atom stereocenters. The predicted molar refractivity (Wildman–Crippen MR) is 79.9 cm³/mol. The summed E-state index contributed by atoms with van der Waals surface area (Å²) in [7, 11) is 0. The number of anilines is 1. The summed E-state index contributed by atoms with van der Waals surface area (Å²) in [5.74, 6) is -1.90. The van der Waals surface area contributed by atoms with Crippen LogP contribution in [0.15, 0.2) is 51.8 Å². The molecule has 0 aromatic heterocycles. The monoisotopic (exact) mass is 357 g/mol. The van der Waals surface area contributed by atoms with Gasteiger partial charge in [0.25, 0.3) is 0 Å². The molecule has 0 radical (unpaired) electrons. The molecule has 0 heterocycles. The number of rotatable bonds is 4. The van der Waals surface area contributed by atoms with E-state index in [2.05, 4.69) is 21.2 Å². The van der Waals surface area contributed by atoms with Gasteiger partial charge >= 0.3 is 0 Å². The molecule has 0 aliphatic carbocycles. The van der Waals surface area contributed by atoms with Gasteiger partial charge < -0.3 is 5.32 Å². The third kappa shape index (κ3) is 4.31. The number of carbonyl (C=O) groups excluding carboxylic acids is 1. The number of hydrogen-bond acceptors (Lipinski definition) is 2. The molecule has 6 heteroatoms. The zero-order chi connectivity index (χ0) is 14.5. The molecule has 2 nitrogen and oxygen atoms in total. The van der Waals surface area contributed by atoms with Crippen molar-refractivity contribution < 1.29 is 13.6 Å². The molecule has 1 amide bonds. The van der Waals surface area contributed by atoms with Crippen molar-refractivity contribution in [2.24, 2.45) is 0 Å². The Morgan fingerprint density at radius 2 is 1.95 bits per heavy atom. The molecular weight excluding hydrogens is 348 g/mol. The van der Waals surface area contributed by atoms with E-state index in [0.29, 0.717) is 10.6 Å². The minimum Gasteiger partial charge on any atom is -0.325 e. The summed E-state index contributed by atoms with van der Waals surface area (Å²) < 4.78 is 26.6. The lowest BCUT2D eigenvalue weighted by Crippen LogP contribution is -2.13. The van der Waals surface area contributed by atoms with E-state index < -0.39 is 11.6 Å². The van der Waals surface area contributed by atoms with Crippen molar-refractivity contribution in [1.82, 2.24) is 0 Å². The molecule has 0 saturated carbocycles. The molecule has 0 bridgehead atoms. The van der Waals surface area contributed by atoms with Gasteiger partial charge in [0, 0.05) is 15.1 Å². The summed E-state index contributed by atoms with van der Waals surface area (Å²) in [5.41, 5.74) is 0.676. The van der Waals surface area contributed by atoms with Gasteiger partial charge in [-0.3, -0.25) is 4.79 Å². The minimum absolute atomic E-state index is 0.123. The lowest BCUT2D eigenvalue weighted by atomic mass is 10.3. The summed E-state index contributed by atoms with van der Waals surface area (Å²) >= 11 is 4.45. The number of halogens is 3. The molecule has 1 N–H and O–H groups in total. The third-order valence-electron chi connectivity index (χ3n) is 2.37. The lowest BCUT2D eigenvalue weighted by Gasteiger charge is -2.06. The van der Waals surface area contributed by atoms with E-state index in [4.69, 9.17) is 0 Å². The Morgan fingerprint density at radius 3 is 2.65 bits per heavy atom. The minimum atomic E-state index is -0.914. The third-order valence-corrected chi connectivity index (χ3v) is 3.86. The van der Waals surface area contributed by atoms with Gasteiger partial charge in [0.15, 0.2) is 11.6 Å². The maximum atomic E-state index is 13.0. The van der Waals surface area contributed by atoms with Gasteiger partial charge in [-0.05, 0) is 36.4 Å². The zero-order valence-corrected chi connectivity index (χ0v) is 12.6. The summed E-state index contributed by atoms with van der Waals surface area (Å²) in [6.07, 6.45) is 0. The van der Waals surface area contributed by atoms with Crippen LogP contribution in [0.5, 0.6) is 0 Å². The number of amides is 1. The van der Waals surface area contributed by atoms with Crippen LogP contribution in [0.1, 0.15) is 0 Å². The van der Waals surface area contributed by atoms with Crippen molar-refractivity contribution in [3.8, 4) is 0 Å². The largest absolute Gasteiger partial charge is 0.325 e. The van der Waals surface area contributed by atoms with Crippen molar-refractivity contribution in [2.45, 2.75) is 4.90 Å². The smallest absolute Gasteiger partial charge is 0.234 e. The van der Waals surface area contributed by atoms with Gasteiger partial charge in [-0.25, -0.2) is 8.78 Å². The van der Waals surface area contributed by atoms with Gasteiger partial charge in [0.2, 0.25) is 5.91 Å². The summed E-state index contributed by atoms with van der Waals surface area (Å²) in [4.78, 5) is 12.2. The standard InChI is InChI=1S/C14H10BrF2NOS/c15-9-2-1-3-10(6-9)18-14(19)8-20-11-4-5-12(16)13(17)7-11/h1-7H,8H2,(H,18,19). The molecule has 0 atom stereocenters. The van der Waals surface area contributed by atoms with Crippen molar-refractivity contribution in [2.75, 3.05) is 11.1 Å². The topological polar surface area (TPSA) is 29.1 Å². The van der Waals surface area contributed by atoms with E-state index in [1.165, 1.54) is 6.07 Å². The van der Waals surface area contributed by atoms with Crippen LogP contribution in [0, 0.1) is 11.6 Å². The molecule has 0 spiro atoms. The quantitative estimate of drug-likeness (QED) is 0.818. The molecular formula is C14H10BrF2NOS. The summed E-state index contributed by atoms with van der Waals surface area (Å²) in [6.45, 7) is 0.